The highest BCUT2D eigenvalue weighted by atomic mass is 32.2. The van der Waals surface area contributed by atoms with E-state index < -0.39 is 50.7 Å². The minimum atomic E-state index is -4.82. The summed E-state index contributed by atoms with van der Waals surface area (Å²) in [5, 5.41) is 3.49. The Bertz CT molecular complexity index is 1290. The minimum absolute atomic E-state index is 0.0683. The van der Waals surface area contributed by atoms with Gasteiger partial charge in [0.15, 0.2) is 21.8 Å². The van der Waals surface area contributed by atoms with Gasteiger partial charge in [0.25, 0.3) is 11.8 Å². The van der Waals surface area contributed by atoms with Crippen LogP contribution in [0.4, 0.5) is 22.0 Å². The molecule has 2 aromatic rings. The Balaban J connectivity index is 1.67. The quantitative estimate of drug-likeness (QED) is 0.532. The van der Waals surface area contributed by atoms with E-state index in [4.69, 9.17) is 4.74 Å². The molecule has 1 aromatic carbocycles. The molecule has 2 heterocycles. The van der Waals surface area contributed by atoms with Gasteiger partial charge in [-0.3, -0.25) is 4.79 Å². The fourth-order valence-corrected chi connectivity index (χ4v) is 5.10. The Kier molecular flexibility index (Phi) is 5.51. The SMILES string of the molecule is C[C@H](Oc1ccc(S(C)(=O)=O)cc1C(=O)N1CC2(C)CC2(c2noc(C(F)(F)F)n2)C1)C(C)(F)F. The zero-order valence-electron chi connectivity index (χ0n) is 19.1. The zero-order valence-corrected chi connectivity index (χ0v) is 19.9. The van der Waals surface area contributed by atoms with Crippen LogP contribution in [0.1, 0.15) is 49.3 Å². The van der Waals surface area contributed by atoms with Gasteiger partial charge < -0.3 is 14.2 Å². The van der Waals surface area contributed by atoms with Gasteiger partial charge in [-0.25, -0.2) is 17.2 Å². The van der Waals surface area contributed by atoms with E-state index in [-0.39, 0.29) is 35.1 Å². The molecule has 1 aliphatic carbocycles. The smallest absolute Gasteiger partial charge is 0.471 e. The van der Waals surface area contributed by atoms with Gasteiger partial charge in [0, 0.05) is 31.7 Å². The molecule has 8 nitrogen and oxygen atoms in total. The summed E-state index contributed by atoms with van der Waals surface area (Å²) < 4.78 is 100. The first-order valence-electron chi connectivity index (χ1n) is 10.5. The van der Waals surface area contributed by atoms with E-state index in [9.17, 15) is 35.2 Å². The number of sulfone groups is 1. The van der Waals surface area contributed by atoms with Crippen molar-refractivity contribution in [1.82, 2.24) is 15.0 Å². The highest BCUT2D eigenvalue weighted by molar-refractivity contribution is 7.90. The molecule has 0 N–H and O–H groups in total. The first-order chi connectivity index (χ1) is 15.9. The van der Waals surface area contributed by atoms with Gasteiger partial charge in [0.05, 0.1) is 15.9 Å². The third-order valence-electron chi connectivity index (χ3n) is 6.73. The first kappa shape index (κ1) is 25.3. The number of amides is 1. The van der Waals surface area contributed by atoms with Gasteiger partial charge in [0.2, 0.25) is 0 Å². The largest absolute Gasteiger partial charge is 0.484 e. The van der Waals surface area contributed by atoms with Crippen LogP contribution in [0.25, 0.3) is 0 Å². The standard InChI is InChI=1S/C21H22F5N3O5S/c1-11(19(3,22)23)33-14-6-5-12(35(4,31)32)7-13(14)15(30)29-9-18(2)8-20(18,10-29)16-27-17(34-28-16)21(24,25)26/h5-7,11H,8-10H2,1-4H3/t11-,18?,20?/m0/s1. The number of hydrogen-bond donors (Lipinski definition) is 0. The molecule has 192 valence electrons. The molecule has 1 aliphatic heterocycles. The maximum atomic E-state index is 13.7. The van der Waals surface area contributed by atoms with Crippen molar-refractivity contribution in [2.75, 3.05) is 19.3 Å². The average molecular weight is 523 g/mol. The molecule has 14 heteroatoms. The summed E-state index contributed by atoms with van der Waals surface area (Å²) in [6.45, 7) is 3.54. The fraction of sp³-hybridized carbons (Fsp3) is 0.571. The van der Waals surface area contributed by atoms with E-state index >= 15 is 0 Å². The molecule has 4 rings (SSSR count). The average Bonchev–Trinajstić information content (AvgIpc) is 3.07. The van der Waals surface area contributed by atoms with Gasteiger partial charge in [0.1, 0.15) is 5.75 Å². The summed E-state index contributed by atoms with van der Waals surface area (Å²) in [5.74, 6) is -5.88. The summed E-state index contributed by atoms with van der Waals surface area (Å²) in [4.78, 5) is 18.0. The van der Waals surface area contributed by atoms with Crippen LogP contribution < -0.4 is 4.74 Å². The number of nitrogens with zero attached hydrogens (tertiary/aromatic N) is 3. The number of alkyl halides is 5. The lowest BCUT2D eigenvalue weighted by atomic mass is 9.98. The second kappa shape index (κ2) is 7.61. The van der Waals surface area contributed by atoms with Crippen molar-refractivity contribution in [3.05, 3.63) is 35.5 Å². The van der Waals surface area contributed by atoms with Crippen LogP contribution in [-0.2, 0) is 21.4 Å². The molecule has 0 radical (unpaired) electrons. The Morgan fingerprint density at radius 1 is 1.23 bits per heavy atom. The van der Waals surface area contributed by atoms with Crippen LogP contribution in [0.5, 0.6) is 5.75 Å². The lowest BCUT2D eigenvalue weighted by Crippen LogP contribution is -2.35. The molecule has 0 spiro atoms. The summed E-state index contributed by atoms with van der Waals surface area (Å²) >= 11 is 0. The Labute approximate surface area is 197 Å². The van der Waals surface area contributed by atoms with Crippen molar-refractivity contribution < 1.29 is 44.4 Å². The van der Waals surface area contributed by atoms with Crippen LogP contribution in [0.3, 0.4) is 0 Å². The van der Waals surface area contributed by atoms with E-state index in [1.54, 1.807) is 6.92 Å². The Morgan fingerprint density at radius 2 is 1.89 bits per heavy atom. The number of rotatable bonds is 6. The van der Waals surface area contributed by atoms with E-state index in [1.807, 2.05) is 0 Å². The molecule has 2 aliphatic rings. The van der Waals surface area contributed by atoms with Crippen LogP contribution in [0.2, 0.25) is 0 Å². The van der Waals surface area contributed by atoms with Crippen molar-refractivity contribution in [3.63, 3.8) is 0 Å². The van der Waals surface area contributed by atoms with Crippen LogP contribution in [0.15, 0.2) is 27.6 Å². The van der Waals surface area contributed by atoms with Gasteiger partial charge >= 0.3 is 12.1 Å². The lowest BCUT2D eigenvalue weighted by molar-refractivity contribution is -0.159. The number of ether oxygens (including phenoxy) is 1. The third kappa shape index (κ3) is 4.36. The predicted molar refractivity (Wildman–Crippen MR) is 110 cm³/mol. The fourth-order valence-electron chi connectivity index (χ4n) is 4.45. The highest BCUT2D eigenvalue weighted by Gasteiger charge is 2.73. The van der Waals surface area contributed by atoms with Crippen molar-refractivity contribution in [2.24, 2.45) is 5.41 Å². The summed E-state index contributed by atoms with van der Waals surface area (Å²) in [7, 11) is -3.75. The van der Waals surface area contributed by atoms with Gasteiger partial charge in [-0.15, -0.1) is 0 Å². The van der Waals surface area contributed by atoms with Crippen molar-refractivity contribution >= 4 is 15.7 Å². The number of hydrogen-bond acceptors (Lipinski definition) is 7. The summed E-state index contributed by atoms with van der Waals surface area (Å²) in [6.07, 6.45) is -5.12. The maximum Gasteiger partial charge on any atom is 0.471 e. The molecule has 1 saturated carbocycles. The second-order valence-electron chi connectivity index (χ2n) is 9.55. The van der Waals surface area contributed by atoms with Crippen molar-refractivity contribution in [2.45, 2.75) is 55.7 Å². The molecule has 1 aromatic heterocycles. The van der Waals surface area contributed by atoms with Gasteiger partial charge in [-0.1, -0.05) is 12.1 Å². The third-order valence-corrected chi connectivity index (χ3v) is 7.84. The predicted octanol–water partition coefficient (Wildman–Crippen LogP) is 3.72. The van der Waals surface area contributed by atoms with E-state index in [0.29, 0.717) is 13.3 Å². The molecule has 0 bridgehead atoms. The summed E-state index contributed by atoms with van der Waals surface area (Å²) in [6, 6.07) is 3.32. The minimum Gasteiger partial charge on any atom is -0.484 e. The molecule has 1 saturated heterocycles. The molecule has 2 fully saturated rings. The van der Waals surface area contributed by atoms with Gasteiger partial charge in [-0.2, -0.15) is 18.2 Å². The monoisotopic (exact) mass is 523 g/mol. The number of carbonyl (C=O) groups excluding carboxylic acids is 1. The molecular formula is C21H22F5N3O5S. The number of aromatic nitrogens is 2. The first-order valence-corrected chi connectivity index (χ1v) is 12.4. The van der Waals surface area contributed by atoms with E-state index in [0.717, 1.165) is 31.4 Å². The number of likely N-dealkylation sites (tertiary alicyclic amines) is 1. The Hall–Kier alpha value is -2.77. The van der Waals surface area contributed by atoms with Crippen LogP contribution in [0, 0.1) is 5.41 Å². The maximum absolute atomic E-state index is 13.7. The zero-order chi connectivity index (χ0) is 26.2. The van der Waals surface area contributed by atoms with Crippen molar-refractivity contribution in [3.8, 4) is 5.75 Å². The lowest BCUT2D eigenvalue weighted by Gasteiger charge is -2.25. The van der Waals surface area contributed by atoms with Crippen LogP contribution in [-0.4, -0.2) is 60.7 Å². The molecule has 1 amide bonds. The van der Waals surface area contributed by atoms with E-state index in [1.165, 1.54) is 4.90 Å². The number of carbonyl (C=O) groups is 1. The number of fused-ring (bicyclic) bond motifs is 1. The molecule has 35 heavy (non-hydrogen) atoms. The normalized spacial score (nSPS) is 25.3. The van der Waals surface area contributed by atoms with Crippen molar-refractivity contribution in [1.29, 1.82) is 0 Å². The molecule has 2 unspecified atom stereocenters. The van der Waals surface area contributed by atoms with Gasteiger partial charge in [-0.05, 0) is 31.5 Å². The number of piperidine rings is 1. The van der Waals surface area contributed by atoms with Crippen LogP contribution >= 0.6 is 0 Å². The Morgan fingerprint density at radius 3 is 2.43 bits per heavy atom. The van der Waals surface area contributed by atoms with E-state index in [2.05, 4.69) is 14.7 Å². The molecule has 3 atom stereocenters. The second-order valence-corrected chi connectivity index (χ2v) is 11.6. The molecular weight excluding hydrogens is 501 g/mol. The topological polar surface area (TPSA) is 103 Å². The number of halogens is 5. The summed E-state index contributed by atoms with van der Waals surface area (Å²) in [5.41, 5.74) is -1.88. The highest BCUT2D eigenvalue weighted by Crippen LogP contribution is 2.68. The number of benzene rings is 1.